The van der Waals surface area contributed by atoms with Gasteiger partial charge in [0.05, 0.1) is 17.9 Å². The number of ether oxygens (including phenoxy) is 1. The van der Waals surface area contributed by atoms with E-state index in [1.165, 1.54) is 33.8 Å². The maximum absolute atomic E-state index is 12.1. The molecular formula is C29H27NO2. The molecule has 1 unspecified atom stereocenters. The average molecular weight is 422 g/mol. The van der Waals surface area contributed by atoms with Gasteiger partial charge < -0.3 is 9.30 Å². The average Bonchev–Trinajstić information content (AvgIpc) is 3.25. The van der Waals surface area contributed by atoms with Crippen molar-refractivity contribution in [1.29, 1.82) is 0 Å². The summed E-state index contributed by atoms with van der Waals surface area (Å²) in [7, 11) is 0. The molecule has 1 heterocycles. The van der Waals surface area contributed by atoms with Gasteiger partial charge in [-0.3, -0.25) is 0 Å². The summed E-state index contributed by atoms with van der Waals surface area (Å²) >= 11 is 0. The van der Waals surface area contributed by atoms with Crippen molar-refractivity contribution >= 4 is 5.97 Å². The largest absolute Gasteiger partial charge is 0.462 e. The summed E-state index contributed by atoms with van der Waals surface area (Å²) in [6.07, 6.45) is 3.32. The van der Waals surface area contributed by atoms with Gasteiger partial charge >= 0.3 is 5.97 Å². The first kappa shape index (κ1) is 20.3. The topological polar surface area (TPSA) is 31.2 Å². The van der Waals surface area contributed by atoms with Gasteiger partial charge in [0, 0.05) is 17.3 Å². The van der Waals surface area contributed by atoms with Crippen LogP contribution in [0.3, 0.4) is 0 Å². The maximum atomic E-state index is 12.1. The van der Waals surface area contributed by atoms with Crippen molar-refractivity contribution in [2.24, 2.45) is 0 Å². The van der Waals surface area contributed by atoms with E-state index in [2.05, 4.69) is 83.4 Å². The number of nitrogens with zero attached hydrogens (tertiary/aromatic N) is 1. The maximum Gasteiger partial charge on any atom is 0.338 e. The van der Waals surface area contributed by atoms with Crippen LogP contribution in [-0.4, -0.2) is 17.1 Å². The predicted octanol–water partition coefficient (Wildman–Crippen LogP) is 6.79. The summed E-state index contributed by atoms with van der Waals surface area (Å²) < 4.78 is 7.58. The molecule has 4 aromatic rings. The fraction of sp³-hybridized carbons (Fsp3) is 0.207. The Hall–Kier alpha value is -3.59. The molecule has 1 aliphatic rings. The van der Waals surface area contributed by atoms with Gasteiger partial charge in [0.15, 0.2) is 0 Å². The fourth-order valence-corrected chi connectivity index (χ4v) is 4.86. The lowest BCUT2D eigenvalue weighted by Crippen LogP contribution is -2.13. The van der Waals surface area contributed by atoms with Crippen LogP contribution in [0.4, 0.5) is 0 Å². The van der Waals surface area contributed by atoms with Gasteiger partial charge in [-0.15, -0.1) is 0 Å². The first-order valence-corrected chi connectivity index (χ1v) is 11.4. The molecule has 0 radical (unpaired) electrons. The third kappa shape index (κ3) is 3.75. The number of esters is 1. The van der Waals surface area contributed by atoms with Crippen LogP contribution in [0, 0.1) is 0 Å². The molecule has 0 N–H and O–H groups in total. The van der Waals surface area contributed by atoms with Crippen molar-refractivity contribution in [3.05, 3.63) is 113 Å². The van der Waals surface area contributed by atoms with E-state index in [4.69, 9.17) is 4.74 Å². The Morgan fingerprint density at radius 2 is 1.62 bits per heavy atom. The zero-order chi connectivity index (χ0) is 21.9. The quantitative estimate of drug-likeness (QED) is 0.332. The number of aromatic nitrogens is 1. The Kier molecular flexibility index (Phi) is 5.64. The molecule has 0 fully saturated rings. The second kappa shape index (κ2) is 8.88. The van der Waals surface area contributed by atoms with Gasteiger partial charge in [0.2, 0.25) is 0 Å². The van der Waals surface area contributed by atoms with E-state index >= 15 is 0 Å². The molecule has 1 atom stereocenters. The molecule has 1 aliphatic carbocycles. The fourth-order valence-electron chi connectivity index (χ4n) is 4.86. The minimum Gasteiger partial charge on any atom is -0.462 e. The molecule has 32 heavy (non-hydrogen) atoms. The Morgan fingerprint density at radius 1 is 0.938 bits per heavy atom. The zero-order valence-electron chi connectivity index (χ0n) is 18.3. The molecule has 3 nitrogen and oxygen atoms in total. The molecule has 160 valence electrons. The van der Waals surface area contributed by atoms with Gasteiger partial charge in [-0.25, -0.2) is 4.79 Å². The number of carbonyl (C=O) groups is 1. The van der Waals surface area contributed by atoms with Crippen LogP contribution >= 0.6 is 0 Å². The third-order valence-electron chi connectivity index (χ3n) is 6.33. The first-order chi connectivity index (χ1) is 15.8. The van der Waals surface area contributed by atoms with Crippen molar-refractivity contribution in [2.75, 3.05) is 6.61 Å². The van der Waals surface area contributed by atoms with Crippen molar-refractivity contribution in [3.63, 3.8) is 0 Å². The number of carbonyl (C=O) groups excluding carboxylic acids is 1. The van der Waals surface area contributed by atoms with Gasteiger partial charge in [0.1, 0.15) is 0 Å². The van der Waals surface area contributed by atoms with Crippen molar-refractivity contribution in [1.82, 2.24) is 4.57 Å². The summed E-state index contributed by atoms with van der Waals surface area (Å²) in [5.41, 5.74) is 8.30. The summed E-state index contributed by atoms with van der Waals surface area (Å²) in [6, 6.07) is 31.6. The molecule has 0 spiro atoms. The summed E-state index contributed by atoms with van der Waals surface area (Å²) in [6.45, 7) is 2.22. The molecule has 1 aromatic heterocycles. The van der Waals surface area contributed by atoms with Crippen molar-refractivity contribution < 1.29 is 9.53 Å². The smallest absolute Gasteiger partial charge is 0.338 e. The van der Waals surface area contributed by atoms with Crippen LogP contribution < -0.4 is 0 Å². The first-order valence-electron chi connectivity index (χ1n) is 11.4. The molecular weight excluding hydrogens is 394 g/mol. The molecule has 3 aromatic carbocycles. The van der Waals surface area contributed by atoms with E-state index in [0.717, 1.165) is 19.3 Å². The van der Waals surface area contributed by atoms with Crippen LogP contribution in [-0.2, 0) is 11.2 Å². The van der Waals surface area contributed by atoms with Crippen molar-refractivity contribution in [3.8, 4) is 16.9 Å². The highest BCUT2D eigenvalue weighted by atomic mass is 16.5. The lowest BCUT2D eigenvalue weighted by molar-refractivity contribution is 0.0526. The minimum absolute atomic E-state index is 0.259. The van der Waals surface area contributed by atoms with E-state index in [9.17, 15) is 4.79 Å². The standard InChI is InChI=1S/C29H27NO2/c1-2-32-29(31)23-18-16-21(17-19-23)25-14-9-15-27-26(25)20-28(22-10-5-3-6-11-22)30(27)24-12-7-4-8-13-24/h3-8,10-13,16-20,25H,2,9,14-15H2,1H3. The Labute approximate surface area is 189 Å². The highest BCUT2D eigenvalue weighted by Crippen LogP contribution is 2.42. The van der Waals surface area contributed by atoms with Crippen molar-refractivity contribution in [2.45, 2.75) is 32.1 Å². The Balaban J connectivity index is 1.60. The van der Waals surface area contributed by atoms with E-state index in [-0.39, 0.29) is 5.97 Å². The summed E-state index contributed by atoms with van der Waals surface area (Å²) in [5.74, 6) is 0.0624. The van der Waals surface area contributed by atoms with Crippen LogP contribution in [0.2, 0.25) is 0 Å². The number of rotatable bonds is 5. The zero-order valence-corrected chi connectivity index (χ0v) is 18.3. The van der Waals surface area contributed by atoms with Crippen LogP contribution in [0.15, 0.2) is 91.0 Å². The number of hydrogen-bond acceptors (Lipinski definition) is 2. The lowest BCUT2D eigenvalue weighted by Gasteiger charge is -2.25. The second-order valence-electron chi connectivity index (χ2n) is 8.26. The van der Waals surface area contributed by atoms with Crippen LogP contribution in [0.5, 0.6) is 0 Å². The Bertz CT molecular complexity index is 1210. The minimum atomic E-state index is -0.259. The number of para-hydroxylation sites is 1. The number of benzene rings is 3. The van der Waals surface area contributed by atoms with E-state index in [1.54, 1.807) is 0 Å². The monoisotopic (exact) mass is 421 g/mol. The van der Waals surface area contributed by atoms with Crippen LogP contribution in [0.1, 0.15) is 52.9 Å². The normalized spacial score (nSPS) is 15.2. The predicted molar refractivity (Wildman–Crippen MR) is 128 cm³/mol. The number of fused-ring (bicyclic) bond motifs is 1. The van der Waals surface area contributed by atoms with E-state index < -0.39 is 0 Å². The molecule has 3 heteroatoms. The molecule has 0 saturated heterocycles. The van der Waals surface area contributed by atoms with Gasteiger partial charge in [-0.1, -0.05) is 60.7 Å². The van der Waals surface area contributed by atoms with E-state index in [0.29, 0.717) is 18.1 Å². The van der Waals surface area contributed by atoms with E-state index in [1.807, 2.05) is 19.1 Å². The molecule has 0 saturated carbocycles. The highest BCUT2D eigenvalue weighted by Gasteiger charge is 2.28. The number of hydrogen-bond donors (Lipinski definition) is 0. The summed E-state index contributed by atoms with van der Waals surface area (Å²) in [4.78, 5) is 12.1. The molecule has 0 bridgehead atoms. The molecule has 5 rings (SSSR count). The van der Waals surface area contributed by atoms with Crippen LogP contribution in [0.25, 0.3) is 16.9 Å². The Morgan fingerprint density at radius 3 is 2.31 bits per heavy atom. The lowest BCUT2D eigenvalue weighted by atomic mass is 9.81. The third-order valence-corrected chi connectivity index (χ3v) is 6.33. The van der Waals surface area contributed by atoms with Gasteiger partial charge in [-0.05, 0) is 73.2 Å². The SMILES string of the molecule is CCOC(=O)c1ccc(C2CCCc3c2cc(-c2ccccc2)n3-c2ccccc2)cc1. The summed E-state index contributed by atoms with van der Waals surface area (Å²) in [5, 5.41) is 0. The molecule has 0 aliphatic heterocycles. The second-order valence-corrected chi connectivity index (χ2v) is 8.26. The molecule has 0 amide bonds. The van der Waals surface area contributed by atoms with Gasteiger partial charge in [0.25, 0.3) is 0 Å². The highest BCUT2D eigenvalue weighted by molar-refractivity contribution is 5.89. The van der Waals surface area contributed by atoms with Gasteiger partial charge in [-0.2, -0.15) is 0 Å².